The average molecular weight is 493 g/mol. The van der Waals surface area contributed by atoms with E-state index in [9.17, 15) is 0 Å². The quantitative estimate of drug-likeness (QED) is 0.363. The van der Waals surface area contributed by atoms with Crippen LogP contribution in [-0.2, 0) is 19.6 Å². The molecule has 4 nitrogen and oxygen atoms in total. The van der Waals surface area contributed by atoms with Crippen LogP contribution in [0.2, 0.25) is 0 Å². The van der Waals surface area contributed by atoms with Crippen molar-refractivity contribution in [3.63, 3.8) is 0 Å². The van der Waals surface area contributed by atoms with Gasteiger partial charge in [0.25, 0.3) is 0 Å². The molecule has 3 aromatic rings. The summed E-state index contributed by atoms with van der Waals surface area (Å²) in [6, 6.07) is 22.4. The monoisotopic (exact) mass is 491 g/mol. The maximum absolute atomic E-state index is 5.91. The van der Waals surface area contributed by atoms with Crippen molar-refractivity contribution in [2.24, 2.45) is 0 Å². The summed E-state index contributed by atoms with van der Waals surface area (Å²) in [6.07, 6.45) is 0.916. The number of halogens is 2. The highest BCUT2D eigenvalue weighted by Crippen LogP contribution is 2.28. The molecule has 1 N–H and O–H groups in total. The van der Waals surface area contributed by atoms with Crippen LogP contribution in [0.4, 0.5) is 0 Å². The van der Waals surface area contributed by atoms with E-state index in [0.717, 1.165) is 46.8 Å². The molecule has 0 saturated carbocycles. The third-order valence-electron chi connectivity index (χ3n) is 4.60. The van der Waals surface area contributed by atoms with Crippen LogP contribution in [0.15, 0.2) is 71.2 Å². The van der Waals surface area contributed by atoms with Crippen molar-refractivity contribution in [1.29, 1.82) is 0 Å². The molecular weight excluding hydrogens is 466 g/mol. The molecular formula is C24H27BrClNO3. The minimum Gasteiger partial charge on any atom is -0.493 e. The van der Waals surface area contributed by atoms with Crippen LogP contribution in [-0.4, -0.2) is 20.8 Å². The molecule has 0 spiro atoms. The molecule has 0 aromatic heterocycles. The molecule has 0 amide bonds. The summed E-state index contributed by atoms with van der Waals surface area (Å²) in [4.78, 5) is 0. The highest BCUT2D eigenvalue weighted by Gasteiger charge is 2.06. The minimum absolute atomic E-state index is 0. The Morgan fingerprint density at radius 3 is 2.17 bits per heavy atom. The van der Waals surface area contributed by atoms with Gasteiger partial charge in [-0.2, -0.15) is 0 Å². The van der Waals surface area contributed by atoms with E-state index in [1.165, 1.54) is 11.1 Å². The summed E-state index contributed by atoms with van der Waals surface area (Å²) in [5.41, 5.74) is 3.57. The second-order valence-electron chi connectivity index (χ2n) is 6.66. The molecule has 0 unspecified atom stereocenters. The average Bonchev–Trinajstić information content (AvgIpc) is 2.76. The molecule has 0 fully saturated rings. The number of methoxy groups -OCH3 is 2. The van der Waals surface area contributed by atoms with Gasteiger partial charge in [0.1, 0.15) is 12.4 Å². The van der Waals surface area contributed by atoms with Crippen LogP contribution in [0.1, 0.15) is 16.7 Å². The van der Waals surface area contributed by atoms with Crippen LogP contribution >= 0.6 is 28.3 Å². The first-order valence-electron chi connectivity index (χ1n) is 9.56. The van der Waals surface area contributed by atoms with E-state index in [1.807, 2.05) is 36.4 Å². The molecule has 0 aliphatic heterocycles. The number of hydrogen-bond acceptors (Lipinski definition) is 4. The fraction of sp³-hybridized carbons (Fsp3) is 0.250. The second-order valence-corrected chi connectivity index (χ2v) is 7.51. The van der Waals surface area contributed by atoms with Gasteiger partial charge in [-0.25, -0.2) is 0 Å². The lowest BCUT2D eigenvalue weighted by molar-refractivity contribution is 0.304. The van der Waals surface area contributed by atoms with Gasteiger partial charge in [-0.05, 0) is 69.9 Å². The molecule has 30 heavy (non-hydrogen) atoms. The van der Waals surface area contributed by atoms with E-state index in [4.69, 9.17) is 14.2 Å². The van der Waals surface area contributed by atoms with Gasteiger partial charge in [0, 0.05) is 6.54 Å². The lowest BCUT2D eigenvalue weighted by atomic mass is 10.1. The second kappa shape index (κ2) is 12.5. The molecule has 6 heteroatoms. The zero-order chi connectivity index (χ0) is 20.5. The van der Waals surface area contributed by atoms with Crippen molar-refractivity contribution < 1.29 is 14.2 Å². The number of hydrogen-bond donors (Lipinski definition) is 1. The molecule has 0 bridgehead atoms. The standard InChI is InChI=1S/C24H26BrNO3.ClH/c1-27-23-11-8-18(15-24(23)28-2)12-13-26-16-20-9-10-22(21(25)14-20)29-17-19-6-4-3-5-7-19;/h3-11,14-15,26H,12-13,16-17H2,1-2H3;1H. The summed E-state index contributed by atoms with van der Waals surface area (Å²) >= 11 is 3.62. The zero-order valence-electron chi connectivity index (χ0n) is 17.2. The predicted molar refractivity (Wildman–Crippen MR) is 127 cm³/mol. The zero-order valence-corrected chi connectivity index (χ0v) is 19.6. The summed E-state index contributed by atoms with van der Waals surface area (Å²) < 4.78 is 17.5. The summed E-state index contributed by atoms with van der Waals surface area (Å²) in [7, 11) is 3.31. The van der Waals surface area contributed by atoms with Gasteiger partial charge in [-0.1, -0.05) is 42.5 Å². The molecule has 0 heterocycles. The smallest absolute Gasteiger partial charge is 0.160 e. The van der Waals surface area contributed by atoms with Crippen molar-refractivity contribution in [3.05, 3.63) is 87.9 Å². The van der Waals surface area contributed by atoms with Gasteiger partial charge in [0.05, 0.1) is 18.7 Å². The summed E-state index contributed by atoms with van der Waals surface area (Å²) in [5, 5.41) is 3.49. The molecule has 0 atom stereocenters. The van der Waals surface area contributed by atoms with Gasteiger partial charge in [-0.15, -0.1) is 12.4 Å². The number of ether oxygens (including phenoxy) is 3. The molecule has 3 rings (SSSR count). The molecule has 0 saturated heterocycles. The largest absolute Gasteiger partial charge is 0.493 e. The fourth-order valence-corrected chi connectivity index (χ4v) is 3.55. The Bertz CT molecular complexity index is 922. The minimum atomic E-state index is 0. The summed E-state index contributed by atoms with van der Waals surface area (Å²) in [5.74, 6) is 2.37. The Morgan fingerprint density at radius 2 is 1.47 bits per heavy atom. The Labute approximate surface area is 193 Å². The number of benzene rings is 3. The van der Waals surface area contributed by atoms with Crippen LogP contribution in [0.3, 0.4) is 0 Å². The molecule has 3 aromatic carbocycles. The Kier molecular flexibility index (Phi) is 10.0. The third kappa shape index (κ3) is 6.94. The van der Waals surface area contributed by atoms with Gasteiger partial charge < -0.3 is 19.5 Å². The molecule has 0 aliphatic carbocycles. The van der Waals surface area contributed by atoms with E-state index in [2.05, 4.69) is 51.6 Å². The topological polar surface area (TPSA) is 39.7 Å². The Hall–Kier alpha value is -2.21. The highest BCUT2D eigenvalue weighted by atomic mass is 79.9. The molecule has 0 radical (unpaired) electrons. The molecule has 0 aliphatic rings. The predicted octanol–water partition coefficient (Wildman–Crippen LogP) is 5.80. The first-order valence-corrected chi connectivity index (χ1v) is 10.4. The Balaban J connectivity index is 0.00000320. The lowest BCUT2D eigenvalue weighted by Gasteiger charge is -2.11. The normalized spacial score (nSPS) is 10.2. The van der Waals surface area contributed by atoms with Gasteiger partial charge >= 0.3 is 0 Å². The van der Waals surface area contributed by atoms with Crippen LogP contribution in [0.5, 0.6) is 17.2 Å². The SMILES string of the molecule is COc1ccc(CCNCc2ccc(OCc3ccccc3)c(Br)c2)cc1OC.Cl. The van der Waals surface area contributed by atoms with Crippen molar-refractivity contribution >= 4 is 28.3 Å². The van der Waals surface area contributed by atoms with Crippen molar-refractivity contribution in [2.45, 2.75) is 19.6 Å². The van der Waals surface area contributed by atoms with E-state index < -0.39 is 0 Å². The van der Waals surface area contributed by atoms with Crippen molar-refractivity contribution in [3.8, 4) is 17.2 Å². The van der Waals surface area contributed by atoms with Gasteiger partial charge in [0.15, 0.2) is 11.5 Å². The van der Waals surface area contributed by atoms with Crippen molar-refractivity contribution in [1.82, 2.24) is 5.32 Å². The fourth-order valence-electron chi connectivity index (χ4n) is 3.01. The third-order valence-corrected chi connectivity index (χ3v) is 5.22. The maximum atomic E-state index is 5.91. The van der Waals surface area contributed by atoms with Crippen LogP contribution in [0, 0.1) is 0 Å². The van der Waals surface area contributed by atoms with Crippen LogP contribution < -0.4 is 19.5 Å². The number of rotatable bonds is 10. The van der Waals surface area contributed by atoms with Crippen LogP contribution in [0.25, 0.3) is 0 Å². The number of nitrogens with one attached hydrogen (secondary N) is 1. The van der Waals surface area contributed by atoms with Gasteiger partial charge in [-0.3, -0.25) is 0 Å². The Morgan fingerprint density at radius 1 is 0.767 bits per heavy atom. The van der Waals surface area contributed by atoms with E-state index in [1.54, 1.807) is 14.2 Å². The maximum Gasteiger partial charge on any atom is 0.160 e. The van der Waals surface area contributed by atoms with E-state index in [0.29, 0.717) is 6.61 Å². The first-order chi connectivity index (χ1) is 14.2. The van der Waals surface area contributed by atoms with E-state index in [-0.39, 0.29) is 12.4 Å². The lowest BCUT2D eigenvalue weighted by Crippen LogP contribution is -2.16. The first kappa shape index (κ1) is 24.1. The van der Waals surface area contributed by atoms with Crippen molar-refractivity contribution in [2.75, 3.05) is 20.8 Å². The summed E-state index contributed by atoms with van der Waals surface area (Å²) in [6.45, 7) is 2.23. The van der Waals surface area contributed by atoms with E-state index >= 15 is 0 Å². The highest BCUT2D eigenvalue weighted by molar-refractivity contribution is 9.10. The van der Waals surface area contributed by atoms with Gasteiger partial charge in [0.2, 0.25) is 0 Å². The molecule has 160 valence electrons.